The number of rotatable bonds is 6. The Labute approximate surface area is 136 Å². The van der Waals surface area contributed by atoms with Crippen LogP contribution < -0.4 is 0 Å². The zero-order valence-corrected chi connectivity index (χ0v) is 13.4. The van der Waals surface area contributed by atoms with Gasteiger partial charge in [0.15, 0.2) is 0 Å². The highest BCUT2D eigenvalue weighted by Crippen LogP contribution is 2.28. The highest BCUT2D eigenvalue weighted by Gasteiger charge is 2.19. The third kappa shape index (κ3) is 3.50. The average molecular weight is 308 g/mol. The molecule has 0 saturated carbocycles. The third-order valence-electron chi connectivity index (χ3n) is 4.00. The molecule has 0 radical (unpaired) electrons. The molecule has 0 bridgehead atoms. The van der Waals surface area contributed by atoms with Crippen LogP contribution >= 0.6 is 0 Å². The zero-order chi connectivity index (χ0) is 16.1. The molecule has 0 amide bonds. The van der Waals surface area contributed by atoms with E-state index in [1.165, 1.54) is 0 Å². The highest BCUT2D eigenvalue weighted by atomic mass is 19.1. The Bertz CT molecular complexity index is 748. The number of nitrogens with zero attached hydrogens (tertiary/aromatic N) is 2. The van der Waals surface area contributed by atoms with Crippen LogP contribution in [0.3, 0.4) is 0 Å². The van der Waals surface area contributed by atoms with E-state index in [0.29, 0.717) is 6.54 Å². The SMILES string of the molecule is CCCCc1c(F)nn(Cc2ccccc2)c1-c1ccccc1. The van der Waals surface area contributed by atoms with E-state index in [-0.39, 0.29) is 5.95 Å². The lowest BCUT2D eigenvalue weighted by atomic mass is 10.0. The molecule has 3 heteroatoms. The maximum atomic E-state index is 14.5. The molecule has 0 aliphatic heterocycles. The van der Waals surface area contributed by atoms with Gasteiger partial charge in [0, 0.05) is 11.1 Å². The van der Waals surface area contributed by atoms with Crippen molar-refractivity contribution in [3.63, 3.8) is 0 Å². The summed E-state index contributed by atoms with van der Waals surface area (Å²) in [4.78, 5) is 0. The number of halogens is 1. The largest absolute Gasteiger partial charge is 0.257 e. The summed E-state index contributed by atoms with van der Waals surface area (Å²) in [6, 6.07) is 20.0. The quantitative estimate of drug-likeness (QED) is 0.621. The van der Waals surface area contributed by atoms with Gasteiger partial charge in [-0.3, -0.25) is 4.68 Å². The van der Waals surface area contributed by atoms with E-state index in [1.807, 2.05) is 60.7 Å². The predicted molar refractivity (Wildman–Crippen MR) is 91.8 cm³/mol. The summed E-state index contributed by atoms with van der Waals surface area (Å²) in [6.45, 7) is 2.70. The summed E-state index contributed by atoms with van der Waals surface area (Å²) in [5, 5.41) is 4.19. The normalized spacial score (nSPS) is 10.9. The Morgan fingerprint density at radius 3 is 2.26 bits per heavy atom. The van der Waals surface area contributed by atoms with Crippen LogP contribution in [0, 0.1) is 5.95 Å². The first-order valence-electron chi connectivity index (χ1n) is 8.14. The van der Waals surface area contributed by atoms with Crippen LogP contribution in [-0.2, 0) is 13.0 Å². The van der Waals surface area contributed by atoms with Crippen LogP contribution in [0.5, 0.6) is 0 Å². The van der Waals surface area contributed by atoms with E-state index in [4.69, 9.17) is 0 Å². The monoisotopic (exact) mass is 308 g/mol. The Hall–Kier alpha value is -2.42. The average Bonchev–Trinajstić information content (AvgIpc) is 2.90. The fraction of sp³-hybridized carbons (Fsp3) is 0.250. The molecule has 2 nitrogen and oxygen atoms in total. The van der Waals surface area contributed by atoms with E-state index in [0.717, 1.165) is 41.6 Å². The van der Waals surface area contributed by atoms with Crippen LogP contribution in [0.4, 0.5) is 4.39 Å². The lowest BCUT2D eigenvalue weighted by Gasteiger charge is -2.10. The van der Waals surface area contributed by atoms with Crippen molar-refractivity contribution in [3.05, 3.63) is 77.7 Å². The van der Waals surface area contributed by atoms with E-state index < -0.39 is 0 Å². The van der Waals surface area contributed by atoms with Crippen molar-refractivity contribution in [2.45, 2.75) is 32.7 Å². The Morgan fingerprint density at radius 2 is 1.61 bits per heavy atom. The van der Waals surface area contributed by atoms with E-state index in [2.05, 4.69) is 12.0 Å². The molecule has 1 aromatic heterocycles. The van der Waals surface area contributed by atoms with Crippen molar-refractivity contribution in [3.8, 4) is 11.3 Å². The van der Waals surface area contributed by atoms with Gasteiger partial charge in [0.05, 0.1) is 12.2 Å². The standard InChI is InChI=1S/C20H21FN2/c1-2-3-14-18-19(17-12-8-5-9-13-17)23(22-20(18)21)15-16-10-6-4-7-11-16/h4-13H,2-3,14-15H2,1H3. The van der Waals surface area contributed by atoms with Crippen LogP contribution in [0.15, 0.2) is 60.7 Å². The van der Waals surface area contributed by atoms with Crippen molar-refractivity contribution in [1.29, 1.82) is 0 Å². The van der Waals surface area contributed by atoms with E-state index in [1.54, 1.807) is 4.68 Å². The minimum Gasteiger partial charge on any atom is -0.257 e. The fourth-order valence-electron chi connectivity index (χ4n) is 2.83. The van der Waals surface area contributed by atoms with Crippen LogP contribution in [0.2, 0.25) is 0 Å². The van der Waals surface area contributed by atoms with Gasteiger partial charge < -0.3 is 0 Å². The first-order chi connectivity index (χ1) is 11.3. The van der Waals surface area contributed by atoms with Gasteiger partial charge in [-0.05, 0) is 18.4 Å². The Balaban J connectivity index is 2.04. The lowest BCUT2D eigenvalue weighted by molar-refractivity contribution is 0.532. The second-order valence-corrected chi connectivity index (χ2v) is 5.73. The summed E-state index contributed by atoms with van der Waals surface area (Å²) >= 11 is 0. The molecule has 0 aliphatic rings. The van der Waals surface area contributed by atoms with Gasteiger partial charge in [-0.15, -0.1) is 5.10 Å². The van der Waals surface area contributed by atoms with E-state index >= 15 is 0 Å². The van der Waals surface area contributed by atoms with Gasteiger partial charge in [0.25, 0.3) is 0 Å². The maximum absolute atomic E-state index is 14.5. The summed E-state index contributed by atoms with van der Waals surface area (Å²) in [5.74, 6) is -0.340. The highest BCUT2D eigenvalue weighted by molar-refractivity contribution is 5.63. The van der Waals surface area contributed by atoms with Gasteiger partial charge >= 0.3 is 0 Å². The first kappa shape index (κ1) is 15.5. The lowest BCUT2D eigenvalue weighted by Crippen LogP contribution is -2.04. The molecule has 1 heterocycles. The fourth-order valence-corrected chi connectivity index (χ4v) is 2.83. The molecule has 0 saturated heterocycles. The van der Waals surface area contributed by atoms with Crippen molar-refractivity contribution in [1.82, 2.24) is 9.78 Å². The summed E-state index contributed by atoms with van der Waals surface area (Å²) < 4.78 is 16.2. The number of aromatic nitrogens is 2. The van der Waals surface area contributed by atoms with Gasteiger partial charge in [-0.2, -0.15) is 4.39 Å². The van der Waals surface area contributed by atoms with Gasteiger partial charge in [-0.1, -0.05) is 74.0 Å². The molecule has 0 unspecified atom stereocenters. The van der Waals surface area contributed by atoms with Crippen molar-refractivity contribution >= 4 is 0 Å². The van der Waals surface area contributed by atoms with Gasteiger partial charge in [0.1, 0.15) is 0 Å². The molecule has 3 aromatic rings. The summed E-state index contributed by atoms with van der Waals surface area (Å²) in [5.41, 5.74) is 3.77. The molecule has 0 N–H and O–H groups in total. The third-order valence-corrected chi connectivity index (χ3v) is 4.00. The first-order valence-corrected chi connectivity index (χ1v) is 8.14. The molecule has 2 aromatic carbocycles. The number of benzene rings is 2. The number of hydrogen-bond donors (Lipinski definition) is 0. The zero-order valence-electron chi connectivity index (χ0n) is 13.4. The smallest absolute Gasteiger partial charge is 0.236 e. The summed E-state index contributed by atoms with van der Waals surface area (Å²) in [6.07, 6.45) is 2.73. The molecule has 3 rings (SSSR count). The maximum Gasteiger partial charge on any atom is 0.236 e. The van der Waals surface area contributed by atoms with Crippen LogP contribution in [0.1, 0.15) is 30.9 Å². The minimum absolute atomic E-state index is 0.340. The minimum atomic E-state index is -0.340. The topological polar surface area (TPSA) is 17.8 Å². The molecule has 23 heavy (non-hydrogen) atoms. The Morgan fingerprint density at radius 1 is 0.957 bits per heavy atom. The molecule has 0 atom stereocenters. The van der Waals surface area contributed by atoms with Crippen LogP contribution in [-0.4, -0.2) is 9.78 Å². The molecule has 0 spiro atoms. The van der Waals surface area contributed by atoms with Gasteiger partial charge in [-0.25, -0.2) is 0 Å². The second-order valence-electron chi connectivity index (χ2n) is 5.73. The molecule has 0 fully saturated rings. The predicted octanol–water partition coefficient (Wildman–Crippen LogP) is 5.08. The van der Waals surface area contributed by atoms with Crippen molar-refractivity contribution < 1.29 is 4.39 Å². The molecular formula is C20H21FN2. The van der Waals surface area contributed by atoms with Crippen LogP contribution in [0.25, 0.3) is 11.3 Å². The molecular weight excluding hydrogens is 287 g/mol. The second kappa shape index (κ2) is 7.23. The number of unbranched alkanes of at least 4 members (excludes halogenated alkanes) is 1. The van der Waals surface area contributed by atoms with Crippen molar-refractivity contribution in [2.24, 2.45) is 0 Å². The van der Waals surface area contributed by atoms with Gasteiger partial charge in [0.2, 0.25) is 5.95 Å². The number of hydrogen-bond acceptors (Lipinski definition) is 1. The molecule has 0 aliphatic carbocycles. The summed E-state index contributed by atoms with van der Waals surface area (Å²) in [7, 11) is 0. The van der Waals surface area contributed by atoms with Crippen molar-refractivity contribution in [2.75, 3.05) is 0 Å². The molecule has 118 valence electrons. The Kier molecular flexibility index (Phi) is 4.86. The van der Waals surface area contributed by atoms with E-state index in [9.17, 15) is 4.39 Å².